The van der Waals surface area contributed by atoms with Crippen LogP contribution in [0.2, 0.25) is 0 Å². The van der Waals surface area contributed by atoms with Gasteiger partial charge in [0.05, 0.1) is 39.4 Å². The summed E-state index contributed by atoms with van der Waals surface area (Å²) < 4.78 is 58.9. The Kier molecular flexibility index (Phi) is 10.1. The minimum atomic E-state index is -4.43. The first-order valence-electron chi connectivity index (χ1n) is 14.3. The number of anilines is 2. The third-order valence-electron chi connectivity index (χ3n) is 7.09. The molecule has 16 heteroatoms. The molecule has 2 aromatic carbocycles. The minimum Gasteiger partial charge on any atom is -0.480 e. The summed E-state index contributed by atoms with van der Waals surface area (Å²) in [6.45, 7) is 6.75. The number of aryl methyl sites for hydroxylation is 2. The van der Waals surface area contributed by atoms with Crippen LogP contribution < -0.4 is 20.9 Å². The Balaban J connectivity index is 1.47. The smallest absolute Gasteiger partial charge is 0.326 e. The van der Waals surface area contributed by atoms with E-state index in [0.29, 0.717) is 34.8 Å². The summed E-state index contributed by atoms with van der Waals surface area (Å²) in [5.41, 5.74) is -1.01. The number of hydrogen-bond acceptors (Lipinski definition) is 8. The van der Waals surface area contributed by atoms with Crippen LogP contribution >= 0.6 is 0 Å². The zero-order valence-corrected chi connectivity index (χ0v) is 27.3. The lowest BCUT2D eigenvalue weighted by molar-refractivity contribution is -0.139. The molecule has 0 radical (unpaired) electrons. The van der Waals surface area contributed by atoms with Gasteiger partial charge < -0.3 is 20.3 Å². The maximum Gasteiger partial charge on any atom is 0.326 e. The standard InChI is InChI=1S/C32H32F2N6O7S/c1-17-27(29(42)40(5)16-36-17)24-11-6-18(15-35-24)12-26(30(43)44)38-28(41)21-13-23(34)25(14-22(21)33)39-48(46,47)20-9-7-19(8-10-20)37-31(45)32(2,3)4/h6-11,13-16,26,39H,12H2,1-5H3,(H,37,45)(H,38,41)(H,43,44)/t26-/m0/s1. The fraction of sp³-hybridized carbons (Fsp3) is 0.250. The highest BCUT2D eigenvalue weighted by molar-refractivity contribution is 7.92. The van der Waals surface area contributed by atoms with Gasteiger partial charge in [-0.15, -0.1) is 0 Å². The zero-order chi connectivity index (χ0) is 35.6. The van der Waals surface area contributed by atoms with Gasteiger partial charge in [-0.1, -0.05) is 26.8 Å². The highest BCUT2D eigenvalue weighted by atomic mass is 32.2. The van der Waals surface area contributed by atoms with Gasteiger partial charge in [-0.05, 0) is 48.9 Å². The monoisotopic (exact) mass is 682 g/mol. The van der Waals surface area contributed by atoms with Crippen molar-refractivity contribution in [3.63, 3.8) is 0 Å². The number of carbonyl (C=O) groups excluding carboxylic acids is 2. The van der Waals surface area contributed by atoms with E-state index in [-0.39, 0.29) is 28.3 Å². The maximum absolute atomic E-state index is 15.0. The second-order valence-electron chi connectivity index (χ2n) is 11.9. The van der Waals surface area contributed by atoms with Gasteiger partial charge in [0.15, 0.2) is 0 Å². The van der Waals surface area contributed by atoms with Crippen LogP contribution in [0.4, 0.5) is 20.2 Å². The molecule has 48 heavy (non-hydrogen) atoms. The Morgan fingerprint density at radius 3 is 2.25 bits per heavy atom. The van der Waals surface area contributed by atoms with Crippen LogP contribution in [0.3, 0.4) is 0 Å². The Labute approximate surface area is 274 Å². The molecule has 1 atom stereocenters. The number of carboxylic acid groups (broad SMARTS) is 1. The first-order valence-corrected chi connectivity index (χ1v) is 15.8. The number of benzene rings is 2. The fourth-order valence-electron chi connectivity index (χ4n) is 4.32. The molecule has 2 amide bonds. The van der Waals surface area contributed by atoms with E-state index in [1.807, 2.05) is 4.72 Å². The zero-order valence-electron chi connectivity index (χ0n) is 26.5. The van der Waals surface area contributed by atoms with Crippen molar-refractivity contribution in [1.29, 1.82) is 0 Å². The van der Waals surface area contributed by atoms with Crippen molar-refractivity contribution in [1.82, 2.24) is 19.9 Å². The van der Waals surface area contributed by atoms with E-state index >= 15 is 4.39 Å². The quantitative estimate of drug-likeness (QED) is 0.194. The predicted octanol–water partition coefficient (Wildman–Crippen LogP) is 3.64. The van der Waals surface area contributed by atoms with Crippen LogP contribution in [-0.2, 0) is 33.1 Å². The number of carbonyl (C=O) groups is 3. The summed E-state index contributed by atoms with van der Waals surface area (Å²) in [6, 6.07) is 7.30. The lowest BCUT2D eigenvalue weighted by Crippen LogP contribution is -2.42. The van der Waals surface area contributed by atoms with Crippen molar-refractivity contribution in [2.45, 2.75) is 45.1 Å². The van der Waals surface area contributed by atoms with E-state index in [2.05, 4.69) is 20.6 Å². The van der Waals surface area contributed by atoms with Gasteiger partial charge in [0.1, 0.15) is 17.7 Å². The van der Waals surface area contributed by atoms with Crippen LogP contribution in [0.1, 0.15) is 42.4 Å². The van der Waals surface area contributed by atoms with Crippen molar-refractivity contribution in [3.8, 4) is 11.3 Å². The molecule has 0 saturated carbocycles. The number of pyridine rings is 1. The van der Waals surface area contributed by atoms with Crippen molar-refractivity contribution >= 4 is 39.2 Å². The molecule has 0 spiro atoms. The molecule has 0 aliphatic rings. The van der Waals surface area contributed by atoms with E-state index in [1.54, 1.807) is 27.7 Å². The molecular formula is C32H32F2N6O7S. The van der Waals surface area contributed by atoms with E-state index in [4.69, 9.17) is 0 Å². The van der Waals surface area contributed by atoms with Gasteiger partial charge in [0, 0.05) is 36.8 Å². The molecule has 4 aromatic rings. The van der Waals surface area contributed by atoms with Gasteiger partial charge in [-0.25, -0.2) is 27.0 Å². The maximum atomic E-state index is 15.0. The van der Waals surface area contributed by atoms with E-state index < -0.39 is 56.2 Å². The number of halogens is 2. The van der Waals surface area contributed by atoms with Gasteiger partial charge in [-0.2, -0.15) is 0 Å². The number of carboxylic acids is 1. The average Bonchev–Trinajstić information content (AvgIpc) is 3.01. The Morgan fingerprint density at radius 2 is 1.67 bits per heavy atom. The molecule has 0 unspecified atom stereocenters. The Hall–Kier alpha value is -5.51. The molecule has 4 N–H and O–H groups in total. The number of aliphatic carboxylic acids is 1. The number of sulfonamides is 1. The molecule has 2 heterocycles. The number of aromatic nitrogens is 3. The first kappa shape index (κ1) is 35.3. The molecule has 13 nitrogen and oxygen atoms in total. The molecule has 0 aliphatic carbocycles. The summed E-state index contributed by atoms with van der Waals surface area (Å²) in [5.74, 6) is -5.67. The van der Waals surface area contributed by atoms with Crippen LogP contribution in [0.25, 0.3) is 11.3 Å². The molecular weight excluding hydrogens is 650 g/mol. The van der Waals surface area contributed by atoms with Crippen LogP contribution in [0, 0.1) is 24.0 Å². The topological polar surface area (TPSA) is 189 Å². The fourth-order valence-corrected chi connectivity index (χ4v) is 5.38. The number of nitrogens with zero attached hydrogens (tertiary/aromatic N) is 3. The molecule has 0 bridgehead atoms. The lowest BCUT2D eigenvalue weighted by Gasteiger charge is -2.18. The third kappa shape index (κ3) is 8.06. The number of nitrogens with one attached hydrogen (secondary N) is 3. The van der Waals surface area contributed by atoms with Crippen molar-refractivity contribution in [3.05, 3.63) is 99.9 Å². The normalized spacial score (nSPS) is 12.2. The van der Waals surface area contributed by atoms with E-state index in [0.717, 1.165) is 12.1 Å². The van der Waals surface area contributed by atoms with Gasteiger partial charge >= 0.3 is 5.97 Å². The molecule has 0 saturated heterocycles. The van der Waals surface area contributed by atoms with Gasteiger partial charge in [-0.3, -0.25) is 24.1 Å². The van der Waals surface area contributed by atoms with Gasteiger partial charge in [0.25, 0.3) is 21.5 Å². The van der Waals surface area contributed by atoms with E-state index in [1.165, 1.54) is 48.4 Å². The van der Waals surface area contributed by atoms with E-state index in [9.17, 15) is 37.1 Å². The average molecular weight is 683 g/mol. The molecule has 252 valence electrons. The van der Waals surface area contributed by atoms with Gasteiger partial charge in [0.2, 0.25) is 5.91 Å². The molecule has 0 fully saturated rings. The van der Waals surface area contributed by atoms with Crippen LogP contribution in [0.5, 0.6) is 0 Å². The highest BCUT2D eigenvalue weighted by Gasteiger charge is 2.26. The van der Waals surface area contributed by atoms with Crippen LogP contribution in [-0.4, -0.2) is 51.9 Å². The van der Waals surface area contributed by atoms with Crippen molar-refractivity contribution in [2.24, 2.45) is 12.5 Å². The number of rotatable bonds is 10. The summed E-state index contributed by atoms with van der Waals surface area (Å²) >= 11 is 0. The minimum absolute atomic E-state index is 0.261. The number of amides is 2. The first-order chi connectivity index (χ1) is 22.4. The van der Waals surface area contributed by atoms with Crippen LogP contribution in [0.15, 0.2) is 70.7 Å². The summed E-state index contributed by atoms with van der Waals surface area (Å²) in [7, 11) is -2.89. The summed E-state index contributed by atoms with van der Waals surface area (Å²) in [6.07, 6.45) is 2.40. The largest absolute Gasteiger partial charge is 0.480 e. The Morgan fingerprint density at radius 1 is 1.00 bits per heavy atom. The lowest BCUT2D eigenvalue weighted by atomic mass is 9.95. The third-order valence-corrected chi connectivity index (χ3v) is 8.48. The second-order valence-corrected chi connectivity index (χ2v) is 13.6. The SMILES string of the molecule is Cc1ncn(C)c(=O)c1-c1ccc(C[C@H](NC(=O)c2cc(F)c(NS(=O)(=O)c3ccc(NC(=O)C(C)(C)C)cc3)cc2F)C(=O)O)cn1. The molecule has 0 aliphatic heterocycles. The highest BCUT2D eigenvalue weighted by Crippen LogP contribution is 2.25. The number of hydrogen-bond donors (Lipinski definition) is 4. The summed E-state index contributed by atoms with van der Waals surface area (Å²) in [5, 5.41) is 14.5. The predicted molar refractivity (Wildman–Crippen MR) is 172 cm³/mol. The molecule has 4 rings (SSSR count). The summed E-state index contributed by atoms with van der Waals surface area (Å²) in [4.78, 5) is 57.5. The second kappa shape index (κ2) is 13.7. The van der Waals surface area contributed by atoms with Crippen molar-refractivity contribution < 1.29 is 36.7 Å². The Bertz CT molecular complexity index is 2060. The van der Waals surface area contributed by atoms with Crippen molar-refractivity contribution in [2.75, 3.05) is 10.0 Å². The molecule has 2 aromatic heterocycles.